The molecular formula is C19H15Cl2N3OS. The average Bonchev–Trinajstić information content (AvgIpc) is 3.23. The number of hydrogen-bond donors (Lipinski definition) is 1. The molecule has 2 aromatic carbocycles. The van der Waals surface area contributed by atoms with Gasteiger partial charge in [0.2, 0.25) is 11.0 Å². The highest BCUT2D eigenvalue weighted by Crippen LogP contribution is 2.39. The zero-order valence-electron chi connectivity index (χ0n) is 13.9. The van der Waals surface area contributed by atoms with Crippen LogP contribution >= 0.6 is 34.5 Å². The largest absolute Gasteiger partial charge is 0.493 e. The number of hydrazone groups is 1. The highest BCUT2D eigenvalue weighted by molar-refractivity contribution is 7.13. The first-order valence-corrected chi connectivity index (χ1v) is 9.68. The molecule has 0 bridgehead atoms. The van der Waals surface area contributed by atoms with Gasteiger partial charge in [-0.15, -0.1) is 0 Å². The minimum atomic E-state index is 0.00454. The molecule has 4 nitrogen and oxygen atoms in total. The van der Waals surface area contributed by atoms with Gasteiger partial charge in [-0.05, 0) is 30.2 Å². The van der Waals surface area contributed by atoms with Gasteiger partial charge in [-0.1, -0.05) is 70.4 Å². The van der Waals surface area contributed by atoms with E-state index in [0.29, 0.717) is 21.6 Å². The molecule has 1 aliphatic rings. The molecular weight excluding hydrogens is 389 g/mol. The second-order valence-corrected chi connectivity index (χ2v) is 7.79. The minimum absolute atomic E-state index is 0.00454. The number of aromatic hydroxyl groups is 1. The highest BCUT2D eigenvalue weighted by atomic mass is 35.5. The molecule has 1 aliphatic heterocycles. The van der Waals surface area contributed by atoms with Gasteiger partial charge in [0.25, 0.3) is 0 Å². The Morgan fingerprint density at radius 2 is 2.00 bits per heavy atom. The first-order valence-electron chi connectivity index (χ1n) is 8.04. The number of anilines is 1. The van der Waals surface area contributed by atoms with E-state index in [4.69, 9.17) is 28.3 Å². The third-order valence-electron chi connectivity index (χ3n) is 4.27. The number of nitrogens with zero attached hydrogens (tertiary/aromatic N) is 3. The van der Waals surface area contributed by atoms with Crippen LogP contribution in [0.1, 0.15) is 29.2 Å². The molecule has 1 unspecified atom stereocenters. The normalized spacial score (nSPS) is 16.8. The van der Waals surface area contributed by atoms with Crippen LogP contribution in [-0.2, 0) is 0 Å². The van der Waals surface area contributed by atoms with Crippen LogP contribution < -0.4 is 5.01 Å². The Morgan fingerprint density at radius 1 is 1.15 bits per heavy atom. The molecule has 0 aliphatic carbocycles. The summed E-state index contributed by atoms with van der Waals surface area (Å²) < 4.78 is 0. The van der Waals surface area contributed by atoms with E-state index < -0.39 is 0 Å². The van der Waals surface area contributed by atoms with E-state index in [2.05, 4.69) is 30.1 Å². The number of rotatable bonds is 3. The molecule has 4 rings (SSSR count). The molecule has 26 heavy (non-hydrogen) atoms. The van der Waals surface area contributed by atoms with Crippen molar-refractivity contribution in [2.75, 3.05) is 5.01 Å². The van der Waals surface area contributed by atoms with Crippen molar-refractivity contribution in [3.05, 3.63) is 74.6 Å². The van der Waals surface area contributed by atoms with Gasteiger partial charge in [0, 0.05) is 6.42 Å². The summed E-state index contributed by atoms with van der Waals surface area (Å²) in [5.41, 5.74) is 4.18. The lowest BCUT2D eigenvalue weighted by atomic mass is 9.97. The second kappa shape index (κ2) is 6.91. The Bertz CT molecular complexity index is 1000. The van der Waals surface area contributed by atoms with Crippen molar-refractivity contribution in [1.82, 2.24) is 4.98 Å². The fraction of sp³-hybridized carbons (Fsp3) is 0.158. The van der Waals surface area contributed by atoms with Gasteiger partial charge in [-0.2, -0.15) is 10.1 Å². The van der Waals surface area contributed by atoms with Crippen LogP contribution in [0.5, 0.6) is 5.88 Å². The number of thiazole rings is 1. The molecule has 132 valence electrons. The lowest BCUT2D eigenvalue weighted by molar-refractivity contribution is 0.457. The first-order chi connectivity index (χ1) is 12.5. The fourth-order valence-electron chi connectivity index (χ4n) is 3.04. The van der Waals surface area contributed by atoms with Crippen molar-refractivity contribution in [2.45, 2.75) is 19.4 Å². The Labute approximate surface area is 165 Å². The molecule has 0 spiro atoms. The lowest BCUT2D eigenvalue weighted by Gasteiger charge is -2.21. The van der Waals surface area contributed by atoms with E-state index in [1.54, 1.807) is 11.4 Å². The van der Waals surface area contributed by atoms with Gasteiger partial charge in [0.05, 0.1) is 27.2 Å². The second-order valence-electron chi connectivity index (χ2n) is 6.14. The van der Waals surface area contributed by atoms with Crippen LogP contribution in [0, 0.1) is 6.92 Å². The highest BCUT2D eigenvalue weighted by Gasteiger charge is 2.32. The summed E-state index contributed by atoms with van der Waals surface area (Å²) in [6, 6.07) is 13.9. The molecule has 0 radical (unpaired) electrons. The summed E-state index contributed by atoms with van der Waals surface area (Å²) in [4.78, 5) is 4.20. The molecule has 0 saturated carbocycles. The third kappa shape index (κ3) is 3.30. The maximum atomic E-state index is 9.66. The number of benzene rings is 2. The SMILES string of the molecule is Cc1cccc(C2CC(c3ccc(Cl)c(Cl)c3)=NN2c2nc(O)cs2)c1. The molecule has 3 aromatic rings. The van der Waals surface area contributed by atoms with Crippen molar-refractivity contribution in [3.63, 3.8) is 0 Å². The van der Waals surface area contributed by atoms with Crippen LogP contribution in [0.4, 0.5) is 5.13 Å². The van der Waals surface area contributed by atoms with Crippen molar-refractivity contribution in [3.8, 4) is 5.88 Å². The number of aromatic nitrogens is 1. The molecule has 1 aromatic heterocycles. The third-order valence-corrected chi connectivity index (χ3v) is 5.82. The molecule has 0 saturated heterocycles. The van der Waals surface area contributed by atoms with Crippen LogP contribution in [0.25, 0.3) is 0 Å². The van der Waals surface area contributed by atoms with Crippen molar-refractivity contribution < 1.29 is 5.11 Å². The lowest BCUT2D eigenvalue weighted by Crippen LogP contribution is -2.18. The van der Waals surface area contributed by atoms with Crippen molar-refractivity contribution in [1.29, 1.82) is 0 Å². The first kappa shape index (κ1) is 17.3. The Hall–Kier alpha value is -2.08. The predicted molar refractivity (Wildman–Crippen MR) is 108 cm³/mol. The molecule has 1 atom stereocenters. The zero-order chi connectivity index (χ0) is 18.3. The average molecular weight is 404 g/mol. The minimum Gasteiger partial charge on any atom is -0.493 e. The van der Waals surface area contributed by atoms with Crippen LogP contribution in [-0.4, -0.2) is 15.8 Å². The summed E-state index contributed by atoms with van der Waals surface area (Å²) in [6.45, 7) is 2.07. The smallest absolute Gasteiger partial charge is 0.223 e. The van der Waals surface area contributed by atoms with Gasteiger partial charge in [-0.3, -0.25) is 0 Å². The van der Waals surface area contributed by atoms with E-state index in [0.717, 1.165) is 16.8 Å². The summed E-state index contributed by atoms with van der Waals surface area (Å²) in [5.74, 6) is 0.00572. The van der Waals surface area contributed by atoms with Gasteiger partial charge in [0.1, 0.15) is 0 Å². The van der Waals surface area contributed by atoms with E-state index in [1.807, 2.05) is 23.2 Å². The summed E-state index contributed by atoms with van der Waals surface area (Å²) in [5, 5.41) is 19.6. The predicted octanol–water partition coefficient (Wildman–Crippen LogP) is 5.82. The topological polar surface area (TPSA) is 48.7 Å². The fourth-order valence-corrected chi connectivity index (χ4v) is 4.02. The maximum absolute atomic E-state index is 9.66. The standard InChI is InChI=1S/C19H15Cl2N3OS/c1-11-3-2-4-13(7-11)17-9-16(12-5-6-14(20)15(21)8-12)23-24(17)19-22-18(25)10-26-19/h2-8,10,17,25H,9H2,1H3. The maximum Gasteiger partial charge on any atom is 0.223 e. The van der Waals surface area contributed by atoms with E-state index in [1.165, 1.54) is 16.9 Å². The quantitative estimate of drug-likeness (QED) is 0.599. The monoisotopic (exact) mass is 403 g/mol. The molecule has 1 N–H and O–H groups in total. The Balaban J connectivity index is 1.76. The van der Waals surface area contributed by atoms with Crippen molar-refractivity contribution >= 4 is 45.4 Å². The number of halogens is 2. The van der Waals surface area contributed by atoms with Crippen molar-refractivity contribution in [2.24, 2.45) is 5.10 Å². The van der Waals surface area contributed by atoms with E-state index in [-0.39, 0.29) is 11.9 Å². The Kier molecular flexibility index (Phi) is 4.61. The Morgan fingerprint density at radius 3 is 2.69 bits per heavy atom. The van der Waals surface area contributed by atoms with E-state index >= 15 is 0 Å². The van der Waals surface area contributed by atoms with Gasteiger partial charge < -0.3 is 5.11 Å². The molecule has 0 fully saturated rings. The van der Waals surface area contributed by atoms with Gasteiger partial charge >= 0.3 is 0 Å². The molecule has 7 heteroatoms. The zero-order valence-corrected chi connectivity index (χ0v) is 16.2. The number of aryl methyl sites for hydroxylation is 1. The van der Waals surface area contributed by atoms with Gasteiger partial charge in [-0.25, -0.2) is 5.01 Å². The van der Waals surface area contributed by atoms with Crippen LogP contribution in [0.15, 0.2) is 52.9 Å². The van der Waals surface area contributed by atoms with Gasteiger partial charge in [0.15, 0.2) is 0 Å². The van der Waals surface area contributed by atoms with Crippen LogP contribution in [0.2, 0.25) is 10.0 Å². The summed E-state index contributed by atoms with van der Waals surface area (Å²) >= 11 is 13.6. The summed E-state index contributed by atoms with van der Waals surface area (Å²) in [6.07, 6.45) is 0.710. The summed E-state index contributed by atoms with van der Waals surface area (Å²) in [7, 11) is 0. The van der Waals surface area contributed by atoms with Crippen LogP contribution in [0.3, 0.4) is 0 Å². The molecule has 0 amide bonds. The van der Waals surface area contributed by atoms with E-state index in [9.17, 15) is 5.11 Å². The molecule has 2 heterocycles. The number of hydrogen-bond acceptors (Lipinski definition) is 5.